The fraction of sp³-hybridized carbons (Fsp3) is 0. The third-order valence-corrected chi connectivity index (χ3v) is 0. The molecule has 0 unspecified atom stereocenters. The summed E-state index contributed by atoms with van der Waals surface area (Å²) in [6, 6.07) is 0. The Morgan fingerprint density at radius 2 is 1.75 bits per heavy atom. The molecule has 0 bridgehead atoms. The molecule has 0 heterocycles. The molecule has 0 aliphatic carbocycles. The summed E-state index contributed by atoms with van der Waals surface area (Å²) in [5.41, 5.74) is 0. The van der Waals surface area contributed by atoms with Crippen molar-refractivity contribution in [3.8, 4) is 0 Å². The lowest BCUT2D eigenvalue weighted by Gasteiger charge is -1.26. The first-order valence-electron chi connectivity index (χ1n) is 0.383. The molecule has 0 aromatic heterocycles. The predicted octanol–water partition coefficient (Wildman–Crippen LogP) is 0.218. The van der Waals surface area contributed by atoms with Gasteiger partial charge in [0.25, 0.3) is 0 Å². The van der Waals surface area contributed by atoms with Gasteiger partial charge in [0.15, 0.2) is 0 Å². The van der Waals surface area contributed by atoms with Crippen LogP contribution >= 0.6 is 0 Å². The van der Waals surface area contributed by atoms with Gasteiger partial charge >= 0.3 is 0 Å². The molecule has 4 nitrogen and oxygen atoms in total. The van der Waals surface area contributed by atoms with Gasteiger partial charge in [0.2, 0.25) is 10.5 Å². The largest absolute Gasteiger partial charge is 0.463 e. The molecule has 4 heavy (non-hydrogen) atoms. The molecule has 0 aliphatic heterocycles. The molecule has 4 heteroatoms. The second-order valence-electron chi connectivity index (χ2n) is 0.0816. The lowest BCUT2D eigenvalue weighted by atomic mass is 13.2. The van der Waals surface area contributed by atoms with E-state index in [-0.39, 0.29) is 5.48 Å². The van der Waals surface area contributed by atoms with Crippen molar-refractivity contribution in [2.24, 2.45) is 0 Å². The maximum atomic E-state index is 8.11. The Morgan fingerprint density at radius 1 is 1.75 bits per heavy atom. The van der Waals surface area contributed by atoms with E-state index < -0.39 is 0 Å². The Balaban J connectivity index is 0. The Kier molecular flexibility index (Phi) is 254. The number of diazo groups is 1. The van der Waals surface area contributed by atoms with Crippen molar-refractivity contribution in [1.29, 1.82) is 5.39 Å². The summed E-state index contributed by atoms with van der Waals surface area (Å²) in [5.74, 6) is 0. The molecule has 0 spiro atoms. The monoisotopic (exact) mass is 60.0 g/mol. The van der Waals surface area contributed by atoms with Crippen LogP contribution in [-0.4, -0.2) is 0 Å². The Hall–Kier alpha value is -0.820. The lowest BCUT2D eigenvalue weighted by Crippen LogP contribution is -1.00. The zero-order chi connectivity index (χ0) is 2.71. The van der Waals surface area contributed by atoms with Crippen LogP contribution in [0.25, 0.3) is 5.14 Å². The van der Waals surface area contributed by atoms with Crippen LogP contribution in [0.5, 0.6) is 0 Å². The summed E-state index contributed by atoms with van der Waals surface area (Å²) in [6.45, 7) is 0. The summed E-state index contributed by atoms with van der Waals surface area (Å²) in [7, 11) is 0. The van der Waals surface area contributed by atoms with Crippen molar-refractivity contribution in [3.63, 3.8) is 0 Å². The molecule has 0 aromatic rings. The van der Waals surface area contributed by atoms with E-state index >= 15 is 0 Å². The SMILES string of the molecule is N#[N+][O-].[O]. The van der Waals surface area contributed by atoms with Crippen LogP contribution in [0.4, 0.5) is 0 Å². The van der Waals surface area contributed by atoms with Crippen molar-refractivity contribution in [1.82, 2.24) is 0 Å². The molecule has 2 radical (unpaired) electrons. The number of hydrogen-bond donors (Lipinski definition) is 0. The highest BCUT2D eigenvalue weighted by Crippen LogP contribution is 1.32. The minimum Gasteiger partial charge on any atom is -0.463 e. The van der Waals surface area contributed by atoms with Gasteiger partial charge in [0.1, 0.15) is 0 Å². The Morgan fingerprint density at radius 3 is 1.75 bits per heavy atom. The first-order chi connectivity index (χ1) is 1.41. The highest BCUT2D eigenvalue weighted by atomic mass is 16.4. The summed E-state index contributed by atoms with van der Waals surface area (Å²) in [4.78, 5) is 0. The number of hydrogen-bond acceptors (Lipinski definition) is 2. The van der Waals surface area contributed by atoms with E-state index in [1.807, 2.05) is 0 Å². The molecular weight excluding hydrogens is 60.0 g/mol. The molecule has 0 amide bonds. The van der Waals surface area contributed by atoms with Crippen molar-refractivity contribution < 1.29 is 5.48 Å². The second-order valence-corrected chi connectivity index (χ2v) is 0.0816. The van der Waals surface area contributed by atoms with Crippen molar-refractivity contribution >= 4 is 0 Å². The van der Waals surface area contributed by atoms with Gasteiger partial charge in [-0.05, 0) is 0 Å². The Labute approximate surface area is 22.6 Å². The van der Waals surface area contributed by atoms with Crippen LogP contribution < -0.4 is 0 Å². The number of rotatable bonds is 0. The zero-order valence-corrected chi connectivity index (χ0v) is 1.71. The van der Waals surface area contributed by atoms with E-state index in [2.05, 4.69) is 0 Å². The van der Waals surface area contributed by atoms with Gasteiger partial charge in [-0.1, -0.05) is 0 Å². The van der Waals surface area contributed by atoms with Crippen LogP contribution in [0.15, 0.2) is 0 Å². The average Bonchev–Trinajstić information content (AvgIpc) is 0.918. The van der Waals surface area contributed by atoms with Gasteiger partial charge in [0, 0.05) is 5.48 Å². The maximum Gasteiger partial charge on any atom is 0.237 e. The number of nitrogens with zero attached hydrogens (tertiary/aromatic N) is 2. The summed E-state index contributed by atoms with van der Waals surface area (Å²) < 4.78 is 0. The standard InChI is InChI=1S/N2O.O/c1-2-3;. The zero-order valence-electron chi connectivity index (χ0n) is 1.71. The van der Waals surface area contributed by atoms with E-state index in [4.69, 9.17) is 10.6 Å². The fourth-order valence-electron chi connectivity index (χ4n) is 0. The molecule has 0 saturated carbocycles. The van der Waals surface area contributed by atoms with Crippen LogP contribution in [0, 0.1) is 10.6 Å². The van der Waals surface area contributed by atoms with E-state index in [0.717, 1.165) is 0 Å². The van der Waals surface area contributed by atoms with Crippen LogP contribution in [0.1, 0.15) is 0 Å². The molecule has 0 fully saturated rings. The van der Waals surface area contributed by atoms with Crippen molar-refractivity contribution in [2.45, 2.75) is 0 Å². The van der Waals surface area contributed by atoms with Gasteiger partial charge < -0.3 is 5.21 Å². The first-order valence-corrected chi connectivity index (χ1v) is 0.383. The van der Waals surface area contributed by atoms with Crippen LogP contribution in [0.3, 0.4) is 0 Å². The van der Waals surface area contributed by atoms with Gasteiger partial charge in [-0.2, -0.15) is 0 Å². The van der Waals surface area contributed by atoms with Gasteiger partial charge in [-0.15, -0.1) is 0 Å². The quantitative estimate of drug-likeness (QED) is 0.296. The second kappa shape index (κ2) is 93.7. The Bertz CT molecular complexity index is 25.5. The topological polar surface area (TPSA) is 79.7 Å². The summed E-state index contributed by atoms with van der Waals surface area (Å²) >= 11 is 0. The fourth-order valence-corrected chi connectivity index (χ4v) is 0. The first kappa shape index (κ1) is 10.9. The molecule has 0 N–H and O–H groups in total. The van der Waals surface area contributed by atoms with Gasteiger partial charge in [-0.25, -0.2) is 0 Å². The molecule has 0 saturated heterocycles. The highest BCUT2D eigenvalue weighted by molar-refractivity contribution is 4.43. The van der Waals surface area contributed by atoms with Crippen molar-refractivity contribution in [3.05, 3.63) is 10.3 Å². The minimum absolute atomic E-state index is 0. The molecule has 0 aliphatic rings. The minimum atomic E-state index is 0. The molecule has 0 atom stereocenters. The molecule has 0 rings (SSSR count). The lowest BCUT2D eigenvalue weighted by molar-refractivity contribution is 0.686. The van der Waals surface area contributed by atoms with E-state index in [9.17, 15) is 0 Å². The molecule has 0 aromatic carbocycles. The van der Waals surface area contributed by atoms with Crippen LogP contribution in [-0.2, 0) is 5.48 Å². The summed E-state index contributed by atoms with van der Waals surface area (Å²) in [5, 5.41) is 16.0. The smallest absolute Gasteiger partial charge is 0.237 e. The highest BCUT2D eigenvalue weighted by Gasteiger charge is 1.19. The maximum absolute atomic E-state index is 8.11. The normalized spacial score (nSPS) is 1.75. The third kappa shape index (κ3) is 0.0569. The van der Waals surface area contributed by atoms with E-state index in [0.29, 0.717) is 0 Å². The van der Waals surface area contributed by atoms with E-state index in [1.165, 1.54) is 5.14 Å². The molecular formula is N2O2. The van der Waals surface area contributed by atoms with Gasteiger partial charge in [0.05, 0.1) is 0 Å². The van der Waals surface area contributed by atoms with Crippen molar-refractivity contribution in [2.75, 3.05) is 0 Å². The average molecular weight is 60.0 g/mol. The van der Waals surface area contributed by atoms with Crippen LogP contribution in [0.2, 0.25) is 0 Å². The molecule has 22 valence electrons. The predicted molar refractivity (Wildman–Crippen MR) is 9.14 cm³/mol. The van der Waals surface area contributed by atoms with E-state index in [1.54, 1.807) is 0 Å². The summed E-state index contributed by atoms with van der Waals surface area (Å²) in [6.07, 6.45) is 0. The van der Waals surface area contributed by atoms with Gasteiger partial charge in [-0.3, -0.25) is 0 Å². The third-order valence-electron chi connectivity index (χ3n) is 0.